The maximum atomic E-state index is 5.19. The summed E-state index contributed by atoms with van der Waals surface area (Å²) in [5, 5.41) is 3.48. The Balaban J connectivity index is 1.66. The van der Waals surface area contributed by atoms with Crippen molar-refractivity contribution in [3.8, 4) is 5.88 Å². The number of rotatable bonds is 3. The van der Waals surface area contributed by atoms with Gasteiger partial charge in [-0.3, -0.25) is 0 Å². The highest BCUT2D eigenvalue weighted by Gasteiger charge is 2.31. The second kappa shape index (κ2) is 5.33. The Kier molecular flexibility index (Phi) is 3.55. The van der Waals surface area contributed by atoms with Gasteiger partial charge in [-0.05, 0) is 39.2 Å². The number of aryl methyl sites for hydroxylation is 1. The van der Waals surface area contributed by atoms with E-state index in [0.29, 0.717) is 17.9 Å². The summed E-state index contributed by atoms with van der Waals surface area (Å²) in [4.78, 5) is 11.4. The predicted octanol–water partition coefficient (Wildman–Crippen LogP) is 1.83. The van der Waals surface area contributed by atoms with Crippen molar-refractivity contribution >= 4 is 5.95 Å². The third-order valence-electron chi connectivity index (χ3n) is 4.19. The average Bonchev–Trinajstić information content (AvgIpc) is 2.85. The number of nitrogens with zero attached hydrogens (tertiary/aromatic N) is 3. The smallest absolute Gasteiger partial charge is 0.226 e. The van der Waals surface area contributed by atoms with Gasteiger partial charge in [0.15, 0.2) is 0 Å². The quantitative estimate of drug-likeness (QED) is 0.900. The van der Waals surface area contributed by atoms with Crippen LogP contribution in [0.15, 0.2) is 6.07 Å². The molecule has 0 amide bonds. The van der Waals surface area contributed by atoms with E-state index in [0.717, 1.165) is 11.7 Å². The first-order chi connectivity index (χ1) is 9.24. The van der Waals surface area contributed by atoms with Crippen LogP contribution in [0.3, 0.4) is 0 Å². The number of piperidine rings is 1. The third kappa shape index (κ3) is 2.81. The zero-order chi connectivity index (χ0) is 13.2. The van der Waals surface area contributed by atoms with Gasteiger partial charge < -0.3 is 15.0 Å². The summed E-state index contributed by atoms with van der Waals surface area (Å²) in [5.41, 5.74) is 0.938. The number of hydrogen-bond donors (Lipinski definition) is 1. The number of hydrogen-bond acceptors (Lipinski definition) is 5. The van der Waals surface area contributed by atoms with Crippen molar-refractivity contribution in [3.63, 3.8) is 0 Å². The molecule has 19 heavy (non-hydrogen) atoms. The first-order valence-electron chi connectivity index (χ1n) is 7.15. The van der Waals surface area contributed by atoms with Gasteiger partial charge in [-0.15, -0.1) is 0 Å². The minimum absolute atomic E-state index is 0.492. The Hall–Kier alpha value is -1.36. The monoisotopic (exact) mass is 262 g/mol. The summed E-state index contributed by atoms with van der Waals surface area (Å²) < 4.78 is 5.19. The van der Waals surface area contributed by atoms with Crippen LogP contribution < -0.4 is 10.1 Å². The van der Waals surface area contributed by atoms with Gasteiger partial charge in [0.2, 0.25) is 11.8 Å². The Bertz CT molecular complexity index is 451. The molecule has 2 aliphatic rings. The second-order valence-corrected chi connectivity index (χ2v) is 5.57. The van der Waals surface area contributed by atoms with Crippen molar-refractivity contribution in [3.05, 3.63) is 11.8 Å². The van der Waals surface area contributed by atoms with Crippen LogP contribution in [0.25, 0.3) is 0 Å². The summed E-state index contributed by atoms with van der Waals surface area (Å²) in [6.45, 7) is 4.45. The lowest BCUT2D eigenvalue weighted by atomic mass is 9.98. The number of ether oxygens (including phenoxy) is 1. The van der Waals surface area contributed by atoms with Crippen LogP contribution in [0, 0.1) is 6.92 Å². The zero-order valence-corrected chi connectivity index (χ0v) is 11.7. The number of nitrogens with one attached hydrogen (secondary N) is 1. The van der Waals surface area contributed by atoms with Crippen LogP contribution in [-0.4, -0.2) is 47.2 Å². The molecule has 1 aromatic heterocycles. The molecule has 2 fully saturated rings. The molecule has 3 rings (SSSR count). The molecule has 0 spiro atoms. The molecule has 2 saturated heterocycles. The highest BCUT2D eigenvalue weighted by Crippen LogP contribution is 2.28. The van der Waals surface area contributed by atoms with E-state index in [4.69, 9.17) is 4.74 Å². The van der Waals surface area contributed by atoms with Crippen molar-refractivity contribution < 1.29 is 4.74 Å². The minimum atomic E-state index is 0.492. The lowest BCUT2D eigenvalue weighted by Crippen LogP contribution is -2.43. The fraction of sp³-hybridized carbons (Fsp3) is 0.714. The van der Waals surface area contributed by atoms with Crippen molar-refractivity contribution in [2.75, 3.05) is 25.5 Å². The summed E-state index contributed by atoms with van der Waals surface area (Å²) in [6.07, 6.45) is 5.08. The topological polar surface area (TPSA) is 50.3 Å². The third-order valence-corrected chi connectivity index (χ3v) is 4.19. The molecule has 0 radical (unpaired) electrons. The molecule has 5 nitrogen and oxygen atoms in total. The normalized spacial score (nSPS) is 27.1. The van der Waals surface area contributed by atoms with E-state index in [1.165, 1.54) is 38.8 Å². The molecule has 0 saturated carbocycles. The van der Waals surface area contributed by atoms with E-state index in [2.05, 4.69) is 20.2 Å². The van der Waals surface area contributed by atoms with E-state index in [1.54, 1.807) is 7.11 Å². The maximum Gasteiger partial charge on any atom is 0.226 e. The van der Waals surface area contributed by atoms with Gasteiger partial charge in [0, 0.05) is 30.4 Å². The van der Waals surface area contributed by atoms with Gasteiger partial charge in [-0.2, -0.15) is 4.98 Å². The van der Waals surface area contributed by atoms with Crippen LogP contribution in [0.4, 0.5) is 5.95 Å². The van der Waals surface area contributed by atoms with Crippen molar-refractivity contribution in [1.82, 2.24) is 14.9 Å². The van der Waals surface area contributed by atoms with Crippen LogP contribution >= 0.6 is 0 Å². The highest BCUT2D eigenvalue weighted by atomic mass is 16.5. The predicted molar refractivity (Wildman–Crippen MR) is 74.6 cm³/mol. The number of methoxy groups -OCH3 is 1. The average molecular weight is 262 g/mol. The van der Waals surface area contributed by atoms with Gasteiger partial charge in [-0.1, -0.05) is 0 Å². The first kappa shape index (κ1) is 12.7. The molecule has 3 heterocycles. The van der Waals surface area contributed by atoms with Crippen molar-refractivity contribution in [2.45, 2.75) is 44.7 Å². The lowest BCUT2D eigenvalue weighted by Gasteiger charge is -2.35. The summed E-state index contributed by atoms with van der Waals surface area (Å²) in [6, 6.07) is 3.11. The standard InChI is InChI=1S/C14H22N4O/c1-10-8-13(19-2)17-14(15-10)16-11-5-7-18-6-3-4-12(18)9-11/h8,11-12H,3-7,9H2,1-2H3,(H,15,16,17). The largest absolute Gasteiger partial charge is 0.481 e. The fourth-order valence-electron chi connectivity index (χ4n) is 3.25. The van der Waals surface area contributed by atoms with E-state index in [9.17, 15) is 0 Å². The van der Waals surface area contributed by atoms with Crippen molar-refractivity contribution in [1.29, 1.82) is 0 Å². The van der Waals surface area contributed by atoms with Crippen LogP contribution in [-0.2, 0) is 0 Å². The maximum absolute atomic E-state index is 5.19. The minimum Gasteiger partial charge on any atom is -0.481 e. The molecule has 0 aromatic carbocycles. The molecule has 1 N–H and O–H groups in total. The number of aromatic nitrogens is 2. The lowest BCUT2D eigenvalue weighted by molar-refractivity contribution is 0.187. The zero-order valence-electron chi connectivity index (χ0n) is 11.7. The van der Waals surface area contributed by atoms with Gasteiger partial charge in [-0.25, -0.2) is 4.98 Å². The molecular weight excluding hydrogens is 240 g/mol. The number of fused-ring (bicyclic) bond motifs is 1. The Morgan fingerprint density at radius 2 is 2.21 bits per heavy atom. The van der Waals surface area contributed by atoms with Crippen LogP contribution in [0.1, 0.15) is 31.4 Å². The van der Waals surface area contributed by atoms with E-state index >= 15 is 0 Å². The second-order valence-electron chi connectivity index (χ2n) is 5.57. The molecule has 2 aliphatic heterocycles. The SMILES string of the molecule is COc1cc(C)nc(NC2CCN3CCCC3C2)n1. The Labute approximate surface area is 114 Å². The molecule has 5 heteroatoms. The molecular formula is C14H22N4O. The first-order valence-corrected chi connectivity index (χ1v) is 7.15. The van der Waals surface area contributed by atoms with E-state index < -0.39 is 0 Å². The van der Waals surface area contributed by atoms with Gasteiger partial charge in [0.25, 0.3) is 0 Å². The van der Waals surface area contributed by atoms with E-state index in [-0.39, 0.29) is 0 Å². The summed E-state index contributed by atoms with van der Waals surface area (Å²) in [5.74, 6) is 1.33. The highest BCUT2D eigenvalue weighted by molar-refractivity contribution is 5.32. The summed E-state index contributed by atoms with van der Waals surface area (Å²) in [7, 11) is 1.64. The molecule has 0 bridgehead atoms. The molecule has 104 valence electrons. The fourth-order valence-corrected chi connectivity index (χ4v) is 3.25. The molecule has 2 unspecified atom stereocenters. The molecule has 0 aliphatic carbocycles. The Morgan fingerprint density at radius 3 is 3.05 bits per heavy atom. The Morgan fingerprint density at radius 1 is 1.32 bits per heavy atom. The number of anilines is 1. The molecule has 1 aromatic rings. The van der Waals surface area contributed by atoms with Gasteiger partial charge in [0.1, 0.15) is 0 Å². The van der Waals surface area contributed by atoms with Crippen LogP contribution in [0.2, 0.25) is 0 Å². The van der Waals surface area contributed by atoms with Crippen molar-refractivity contribution in [2.24, 2.45) is 0 Å². The molecule has 2 atom stereocenters. The van der Waals surface area contributed by atoms with E-state index in [1.807, 2.05) is 13.0 Å². The van der Waals surface area contributed by atoms with Gasteiger partial charge >= 0.3 is 0 Å². The van der Waals surface area contributed by atoms with Crippen LogP contribution in [0.5, 0.6) is 5.88 Å². The van der Waals surface area contributed by atoms with Gasteiger partial charge in [0.05, 0.1) is 7.11 Å². The summed E-state index contributed by atoms with van der Waals surface area (Å²) >= 11 is 0.